The predicted molar refractivity (Wildman–Crippen MR) is 134 cm³/mol. The van der Waals surface area contributed by atoms with Crippen LogP contribution in [0.3, 0.4) is 0 Å². The Hall–Kier alpha value is -2.35. The first-order chi connectivity index (χ1) is 18.5. The molecular formula is C28H38O12. The third-order valence-electron chi connectivity index (χ3n) is 10.5. The normalized spacial score (nSPS) is 47.9. The highest BCUT2D eigenvalue weighted by molar-refractivity contribution is 5.89. The second-order valence-corrected chi connectivity index (χ2v) is 12.7. The molecule has 4 fully saturated rings. The van der Waals surface area contributed by atoms with Crippen molar-refractivity contribution < 1.29 is 58.9 Å². The van der Waals surface area contributed by atoms with Crippen molar-refractivity contribution in [2.45, 2.75) is 88.9 Å². The van der Waals surface area contributed by atoms with Gasteiger partial charge in [-0.1, -0.05) is 18.6 Å². The van der Waals surface area contributed by atoms with E-state index in [4.69, 9.17) is 18.9 Å². The first kappa shape index (κ1) is 29.2. The van der Waals surface area contributed by atoms with Gasteiger partial charge < -0.3 is 44.5 Å². The van der Waals surface area contributed by atoms with Gasteiger partial charge in [0.15, 0.2) is 0 Å². The number of hydrogen-bond acceptors (Lipinski definition) is 12. The summed E-state index contributed by atoms with van der Waals surface area (Å²) in [7, 11) is 1.07. The molecule has 5 rings (SSSR count). The summed E-state index contributed by atoms with van der Waals surface area (Å²) in [4.78, 5) is 40.0. The number of hydrogen-bond donors (Lipinski definition) is 5. The Morgan fingerprint density at radius 1 is 1.15 bits per heavy atom. The lowest BCUT2D eigenvalue weighted by atomic mass is 9.37. The summed E-state index contributed by atoms with van der Waals surface area (Å²) in [5.74, 6) is -5.93. The van der Waals surface area contributed by atoms with Gasteiger partial charge in [-0.3, -0.25) is 0 Å². The molecule has 2 saturated heterocycles. The molecule has 12 heteroatoms. The van der Waals surface area contributed by atoms with Gasteiger partial charge >= 0.3 is 17.9 Å². The monoisotopic (exact) mass is 566 g/mol. The minimum absolute atomic E-state index is 0.170. The van der Waals surface area contributed by atoms with Crippen LogP contribution >= 0.6 is 0 Å². The first-order valence-electron chi connectivity index (χ1n) is 13.4. The maximum absolute atomic E-state index is 13.5. The number of aliphatic hydroxyl groups excluding tert-OH is 4. The summed E-state index contributed by atoms with van der Waals surface area (Å²) < 4.78 is 22.6. The van der Waals surface area contributed by atoms with Crippen LogP contribution in [0.4, 0.5) is 0 Å². The summed E-state index contributed by atoms with van der Waals surface area (Å²) in [6.45, 7) is 7.62. The molecule has 40 heavy (non-hydrogen) atoms. The number of fused-ring (bicyclic) bond motifs is 2. The summed E-state index contributed by atoms with van der Waals surface area (Å²) >= 11 is 0. The van der Waals surface area contributed by atoms with Gasteiger partial charge in [0.1, 0.15) is 12.2 Å². The van der Waals surface area contributed by atoms with E-state index in [0.29, 0.717) is 5.57 Å². The van der Waals surface area contributed by atoms with Crippen molar-refractivity contribution in [1.82, 2.24) is 0 Å². The van der Waals surface area contributed by atoms with E-state index in [2.05, 4.69) is 0 Å². The largest absolute Gasteiger partial charge is 0.467 e. The van der Waals surface area contributed by atoms with Gasteiger partial charge in [-0.05, 0) is 45.6 Å². The lowest BCUT2D eigenvalue weighted by molar-refractivity contribution is -0.303. The fraction of sp³-hybridized carbons (Fsp3) is 0.750. The number of methoxy groups -OCH3 is 1. The molecule has 0 aromatic heterocycles. The molecule has 3 aliphatic carbocycles. The maximum atomic E-state index is 13.5. The maximum Gasteiger partial charge on any atom is 0.348 e. The van der Waals surface area contributed by atoms with E-state index >= 15 is 0 Å². The fourth-order valence-corrected chi connectivity index (χ4v) is 8.49. The zero-order chi connectivity index (χ0) is 29.7. The third-order valence-corrected chi connectivity index (χ3v) is 10.5. The zero-order valence-corrected chi connectivity index (χ0v) is 23.4. The molecule has 5 aliphatic rings. The van der Waals surface area contributed by atoms with E-state index in [0.717, 1.165) is 13.2 Å². The Bertz CT molecular complexity index is 1190. The van der Waals surface area contributed by atoms with Gasteiger partial charge in [0.2, 0.25) is 11.7 Å². The minimum atomic E-state index is -2.30. The molecular weight excluding hydrogens is 528 g/mol. The molecule has 2 bridgehead atoms. The van der Waals surface area contributed by atoms with Gasteiger partial charge in [-0.15, -0.1) is 0 Å². The molecule has 0 aromatic rings. The average Bonchev–Trinajstić information content (AvgIpc) is 3.17. The number of allylic oxidation sites excluding steroid dienone is 1. The smallest absolute Gasteiger partial charge is 0.348 e. The molecule has 0 radical (unpaired) electrons. The molecule has 12 unspecified atom stereocenters. The van der Waals surface area contributed by atoms with Crippen molar-refractivity contribution in [2.75, 3.05) is 13.7 Å². The molecule has 222 valence electrons. The first-order valence-corrected chi connectivity index (χ1v) is 13.4. The van der Waals surface area contributed by atoms with Gasteiger partial charge in [0, 0.05) is 22.8 Å². The molecule has 5 N–H and O–H groups in total. The van der Waals surface area contributed by atoms with Crippen LogP contribution in [0.2, 0.25) is 0 Å². The van der Waals surface area contributed by atoms with Crippen LogP contribution in [-0.2, 0) is 33.3 Å². The van der Waals surface area contributed by atoms with Crippen molar-refractivity contribution >= 4 is 17.9 Å². The number of aliphatic hydroxyl groups is 5. The molecule has 0 aromatic carbocycles. The lowest BCUT2D eigenvalue weighted by Crippen LogP contribution is -2.80. The highest BCUT2D eigenvalue weighted by Gasteiger charge is 2.85. The summed E-state index contributed by atoms with van der Waals surface area (Å²) in [6.07, 6.45) is -6.28. The fourth-order valence-electron chi connectivity index (χ4n) is 8.49. The molecule has 2 aliphatic heterocycles. The van der Waals surface area contributed by atoms with Crippen molar-refractivity contribution in [1.29, 1.82) is 0 Å². The van der Waals surface area contributed by atoms with Gasteiger partial charge in [0.05, 0.1) is 43.5 Å². The standard InChI is InChI=1S/C28H38O12/c1-11-7-14(29)21(32)26(5)13(11)9-15-27-10-38-28(24(35)37-6,22(33)17(31)19(26)27)20(27)18(23(34)39-15)40-16(30)8-12(2)25(3,4)36/h7-8,13-15,17-22,29,31-33,36H,9-10H2,1-6H3. The lowest BCUT2D eigenvalue weighted by Gasteiger charge is -2.68. The number of carbonyl (C=O) groups is 3. The second-order valence-electron chi connectivity index (χ2n) is 12.7. The molecule has 2 saturated carbocycles. The van der Waals surface area contributed by atoms with Gasteiger partial charge in [-0.25, -0.2) is 14.4 Å². The van der Waals surface area contributed by atoms with E-state index < -0.39 is 94.3 Å². The van der Waals surface area contributed by atoms with Crippen LogP contribution in [0.15, 0.2) is 23.3 Å². The third kappa shape index (κ3) is 3.50. The van der Waals surface area contributed by atoms with Crippen molar-refractivity contribution in [3.63, 3.8) is 0 Å². The Labute approximate surface area is 231 Å². The van der Waals surface area contributed by atoms with Gasteiger partial charge in [0.25, 0.3) is 0 Å². The van der Waals surface area contributed by atoms with E-state index in [-0.39, 0.29) is 18.6 Å². The summed E-state index contributed by atoms with van der Waals surface area (Å²) in [5, 5.41) is 55.7. The van der Waals surface area contributed by atoms with Crippen LogP contribution in [0, 0.1) is 28.6 Å². The van der Waals surface area contributed by atoms with E-state index in [1.807, 2.05) is 0 Å². The number of rotatable bonds is 4. The zero-order valence-electron chi connectivity index (χ0n) is 23.4. The SMILES string of the molecule is COC(=O)C12OCC34C(CC5C(C)=CC(O)C(O)C5(C)C3C(O)C1O)OC(=O)C(OC(=O)C=C(C)C(C)(C)O)C24. The van der Waals surface area contributed by atoms with Crippen molar-refractivity contribution in [2.24, 2.45) is 28.6 Å². The Morgan fingerprint density at radius 3 is 2.40 bits per heavy atom. The molecule has 12 nitrogen and oxygen atoms in total. The highest BCUT2D eigenvalue weighted by Crippen LogP contribution is 2.72. The van der Waals surface area contributed by atoms with E-state index in [9.17, 15) is 39.9 Å². The van der Waals surface area contributed by atoms with Crippen LogP contribution in [-0.4, -0.2) is 105 Å². The van der Waals surface area contributed by atoms with Gasteiger partial charge in [-0.2, -0.15) is 0 Å². The van der Waals surface area contributed by atoms with E-state index in [1.54, 1.807) is 13.8 Å². The van der Waals surface area contributed by atoms with E-state index in [1.165, 1.54) is 26.8 Å². The average molecular weight is 567 g/mol. The minimum Gasteiger partial charge on any atom is -0.467 e. The summed E-state index contributed by atoms with van der Waals surface area (Å²) in [6, 6.07) is 0. The van der Waals surface area contributed by atoms with Crippen LogP contribution in [0.5, 0.6) is 0 Å². The number of esters is 3. The Balaban J connectivity index is 1.70. The van der Waals surface area contributed by atoms with Crippen LogP contribution in [0.1, 0.15) is 41.0 Å². The Kier molecular flexibility index (Phi) is 6.61. The second kappa shape index (κ2) is 9.07. The van der Waals surface area contributed by atoms with Crippen LogP contribution in [0.25, 0.3) is 0 Å². The molecule has 12 atom stereocenters. The quantitative estimate of drug-likeness (QED) is 0.123. The predicted octanol–water partition coefficient (Wildman–Crippen LogP) is -0.855. The topological polar surface area (TPSA) is 189 Å². The van der Waals surface area contributed by atoms with Crippen molar-refractivity contribution in [3.8, 4) is 0 Å². The molecule has 0 amide bonds. The Morgan fingerprint density at radius 2 is 1.80 bits per heavy atom. The molecule has 2 heterocycles. The highest BCUT2D eigenvalue weighted by atomic mass is 16.6. The van der Waals surface area contributed by atoms with Crippen LogP contribution < -0.4 is 0 Å². The number of ether oxygens (including phenoxy) is 4. The molecule has 1 spiro atoms. The van der Waals surface area contributed by atoms with Crippen molar-refractivity contribution in [3.05, 3.63) is 23.3 Å². The number of carbonyl (C=O) groups excluding carboxylic acids is 3. The summed E-state index contributed by atoms with van der Waals surface area (Å²) in [5.41, 5.74) is -5.38.